The van der Waals surface area contributed by atoms with E-state index in [2.05, 4.69) is 0 Å². The van der Waals surface area contributed by atoms with Gasteiger partial charge in [0, 0.05) is 31.9 Å². The molecule has 1 aromatic carbocycles. The zero-order chi connectivity index (χ0) is 15.5. The largest absolute Gasteiger partial charge is 0.398 e. The first kappa shape index (κ1) is 17.3. The van der Waals surface area contributed by atoms with E-state index in [1.165, 1.54) is 11.3 Å². The maximum absolute atomic E-state index is 12.5. The summed E-state index contributed by atoms with van der Waals surface area (Å²) < 4.78 is 0. The van der Waals surface area contributed by atoms with Crippen LogP contribution in [-0.4, -0.2) is 47.8 Å². The highest BCUT2D eigenvalue weighted by atomic mass is 35.5. The number of hydrogen-bond acceptors (Lipinski definition) is 4. The first-order valence-electron chi connectivity index (χ1n) is 7.13. The fraction of sp³-hybridized carbons (Fsp3) is 0.250. The van der Waals surface area contributed by atoms with Crippen LogP contribution in [0.2, 0.25) is 0 Å². The molecule has 0 unspecified atom stereocenters. The summed E-state index contributed by atoms with van der Waals surface area (Å²) in [6.07, 6.45) is 0. The van der Waals surface area contributed by atoms with E-state index in [0.29, 0.717) is 37.4 Å². The first-order valence-corrected chi connectivity index (χ1v) is 8.01. The zero-order valence-electron chi connectivity index (χ0n) is 12.5. The van der Waals surface area contributed by atoms with Crippen molar-refractivity contribution in [1.29, 1.82) is 0 Å². The van der Waals surface area contributed by atoms with Crippen molar-refractivity contribution in [3.63, 3.8) is 0 Å². The molecule has 1 aromatic heterocycles. The van der Waals surface area contributed by atoms with Crippen LogP contribution < -0.4 is 5.73 Å². The second-order valence-corrected chi connectivity index (χ2v) is 6.10. The highest BCUT2D eigenvalue weighted by Crippen LogP contribution is 2.17. The Kier molecular flexibility index (Phi) is 5.63. The predicted molar refractivity (Wildman–Crippen MR) is 94.2 cm³/mol. The van der Waals surface area contributed by atoms with Crippen molar-refractivity contribution in [2.24, 2.45) is 0 Å². The van der Waals surface area contributed by atoms with Gasteiger partial charge in [-0.2, -0.15) is 0 Å². The molecule has 2 N–H and O–H groups in total. The monoisotopic (exact) mass is 351 g/mol. The molecule has 0 saturated carbocycles. The molecule has 122 valence electrons. The van der Waals surface area contributed by atoms with Crippen LogP contribution in [0.4, 0.5) is 5.69 Å². The van der Waals surface area contributed by atoms with E-state index in [-0.39, 0.29) is 24.2 Å². The molecule has 0 spiro atoms. The topological polar surface area (TPSA) is 66.6 Å². The molecule has 1 saturated heterocycles. The van der Waals surface area contributed by atoms with Crippen molar-refractivity contribution in [2.45, 2.75) is 0 Å². The van der Waals surface area contributed by atoms with Crippen LogP contribution in [0.15, 0.2) is 41.8 Å². The van der Waals surface area contributed by atoms with Crippen molar-refractivity contribution in [3.05, 3.63) is 52.2 Å². The molecule has 5 nitrogen and oxygen atoms in total. The summed E-state index contributed by atoms with van der Waals surface area (Å²) in [5, 5.41) is 1.89. The molecule has 0 atom stereocenters. The minimum atomic E-state index is -0.0682. The summed E-state index contributed by atoms with van der Waals surface area (Å²) in [6.45, 7) is 2.17. The number of nitrogens with zero attached hydrogens (tertiary/aromatic N) is 2. The average molecular weight is 352 g/mol. The van der Waals surface area contributed by atoms with Gasteiger partial charge in [-0.15, -0.1) is 23.7 Å². The Bertz CT molecular complexity index is 682. The van der Waals surface area contributed by atoms with Crippen molar-refractivity contribution >= 4 is 41.2 Å². The highest BCUT2D eigenvalue weighted by molar-refractivity contribution is 7.12. The van der Waals surface area contributed by atoms with E-state index in [1.54, 1.807) is 28.0 Å². The van der Waals surface area contributed by atoms with Crippen molar-refractivity contribution in [3.8, 4) is 0 Å². The summed E-state index contributed by atoms with van der Waals surface area (Å²) in [5.74, 6) is -0.0253. The third-order valence-corrected chi connectivity index (χ3v) is 4.64. The smallest absolute Gasteiger partial charge is 0.264 e. The fourth-order valence-electron chi connectivity index (χ4n) is 2.53. The highest BCUT2D eigenvalue weighted by Gasteiger charge is 2.26. The van der Waals surface area contributed by atoms with Crippen LogP contribution in [0.25, 0.3) is 0 Å². The quantitative estimate of drug-likeness (QED) is 0.844. The SMILES string of the molecule is Cl.Nc1ccccc1C(=O)N1CCN(C(=O)c2cccs2)CC1. The van der Waals surface area contributed by atoms with Crippen LogP contribution in [0.5, 0.6) is 0 Å². The lowest BCUT2D eigenvalue weighted by atomic mass is 10.1. The molecule has 7 heteroatoms. The number of carbonyl (C=O) groups is 2. The molecule has 0 bridgehead atoms. The van der Waals surface area contributed by atoms with Crippen LogP contribution in [0.1, 0.15) is 20.0 Å². The molecule has 0 aliphatic carbocycles. The number of nitrogen functional groups attached to an aromatic ring is 1. The summed E-state index contributed by atoms with van der Waals surface area (Å²) >= 11 is 1.44. The molecule has 2 heterocycles. The Labute approximate surface area is 145 Å². The number of hydrogen-bond donors (Lipinski definition) is 1. The van der Waals surface area contributed by atoms with Gasteiger partial charge >= 0.3 is 0 Å². The number of anilines is 1. The number of benzene rings is 1. The van der Waals surface area contributed by atoms with Gasteiger partial charge in [0.05, 0.1) is 10.4 Å². The standard InChI is InChI=1S/C16H17N3O2S.ClH/c17-13-5-2-1-4-12(13)15(20)18-7-9-19(10-8-18)16(21)14-6-3-11-22-14;/h1-6,11H,7-10,17H2;1H. The Morgan fingerprint density at radius 2 is 1.52 bits per heavy atom. The maximum atomic E-state index is 12.5. The molecule has 1 aliphatic rings. The van der Waals surface area contributed by atoms with E-state index >= 15 is 0 Å². The lowest BCUT2D eigenvalue weighted by molar-refractivity contribution is 0.0538. The predicted octanol–water partition coefficient (Wildman–Crippen LogP) is 2.35. The Balaban J connectivity index is 0.00000192. The fourth-order valence-corrected chi connectivity index (χ4v) is 3.22. The summed E-state index contributed by atoms with van der Waals surface area (Å²) in [7, 11) is 0. The van der Waals surface area contributed by atoms with Crippen LogP contribution in [-0.2, 0) is 0 Å². The molecular formula is C16H18ClN3O2S. The molecule has 0 radical (unpaired) electrons. The van der Waals surface area contributed by atoms with Crippen molar-refractivity contribution in [2.75, 3.05) is 31.9 Å². The van der Waals surface area contributed by atoms with Crippen molar-refractivity contribution in [1.82, 2.24) is 9.80 Å². The maximum Gasteiger partial charge on any atom is 0.264 e. The number of piperazine rings is 1. The molecule has 2 aromatic rings. The second-order valence-electron chi connectivity index (χ2n) is 5.15. The van der Waals surface area contributed by atoms with Gasteiger partial charge in [-0.25, -0.2) is 0 Å². The number of carbonyl (C=O) groups excluding carboxylic acids is 2. The van der Waals surface area contributed by atoms with Gasteiger partial charge in [0.25, 0.3) is 11.8 Å². The Morgan fingerprint density at radius 1 is 0.913 bits per heavy atom. The normalized spacial score (nSPS) is 14.3. The van der Waals surface area contributed by atoms with Crippen LogP contribution in [0.3, 0.4) is 0 Å². The number of thiophene rings is 1. The van der Waals surface area contributed by atoms with E-state index in [0.717, 1.165) is 4.88 Å². The molecule has 1 aliphatic heterocycles. The van der Waals surface area contributed by atoms with E-state index in [1.807, 2.05) is 23.6 Å². The summed E-state index contributed by atoms with van der Waals surface area (Å²) in [6, 6.07) is 10.8. The van der Waals surface area contributed by atoms with Crippen LogP contribution >= 0.6 is 23.7 Å². The minimum absolute atomic E-state index is 0. The number of rotatable bonds is 2. The number of halogens is 1. The van der Waals surface area contributed by atoms with E-state index < -0.39 is 0 Å². The summed E-state index contributed by atoms with van der Waals surface area (Å²) in [5.41, 5.74) is 6.88. The van der Waals surface area contributed by atoms with Crippen molar-refractivity contribution < 1.29 is 9.59 Å². The number of amides is 2. The van der Waals surface area contributed by atoms with Gasteiger partial charge < -0.3 is 15.5 Å². The van der Waals surface area contributed by atoms with Crippen LogP contribution in [0, 0.1) is 0 Å². The minimum Gasteiger partial charge on any atom is -0.398 e. The second kappa shape index (κ2) is 7.48. The third kappa shape index (κ3) is 3.65. The average Bonchev–Trinajstić information content (AvgIpc) is 3.09. The molecular weight excluding hydrogens is 334 g/mol. The van der Waals surface area contributed by atoms with E-state index in [9.17, 15) is 9.59 Å². The summed E-state index contributed by atoms with van der Waals surface area (Å²) in [4.78, 5) is 29.0. The van der Waals surface area contributed by atoms with Gasteiger partial charge in [-0.3, -0.25) is 9.59 Å². The lowest BCUT2D eigenvalue weighted by Gasteiger charge is -2.34. The van der Waals surface area contributed by atoms with Gasteiger partial charge in [0.15, 0.2) is 0 Å². The molecule has 23 heavy (non-hydrogen) atoms. The molecule has 2 amide bonds. The first-order chi connectivity index (χ1) is 10.7. The zero-order valence-corrected chi connectivity index (χ0v) is 14.1. The Hall–Kier alpha value is -2.05. The molecule has 3 rings (SSSR count). The Morgan fingerprint density at radius 3 is 2.09 bits per heavy atom. The number of nitrogens with two attached hydrogens (primary N) is 1. The van der Waals surface area contributed by atoms with Gasteiger partial charge in [0.2, 0.25) is 0 Å². The van der Waals surface area contributed by atoms with E-state index in [4.69, 9.17) is 5.73 Å². The van der Waals surface area contributed by atoms with Gasteiger partial charge in [-0.1, -0.05) is 18.2 Å². The number of para-hydroxylation sites is 1. The third-order valence-electron chi connectivity index (χ3n) is 3.78. The lowest BCUT2D eigenvalue weighted by Crippen LogP contribution is -2.50. The van der Waals surface area contributed by atoms with Gasteiger partial charge in [0.1, 0.15) is 0 Å². The molecule has 1 fully saturated rings. The van der Waals surface area contributed by atoms with Gasteiger partial charge in [-0.05, 0) is 23.6 Å².